The van der Waals surface area contributed by atoms with Crippen LogP contribution in [-0.4, -0.2) is 81.2 Å². The Balaban J connectivity index is 1.19. The molecule has 3 saturated heterocycles. The van der Waals surface area contributed by atoms with E-state index in [2.05, 4.69) is 10.0 Å². The van der Waals surface area contributed by atoms with Crippen molar-refractivity contribution in [2.45, 2.75) is 29.8 Å². The molecular weight excluding hydrogens is 561 g/mol. The third-order valence-corrected chi connectivity index (χ3v) is 9.02. The highest BCUT2D eigenvalue weighted by atomic mass is 32.2. The molecular formula is C24H25F3N4O8S. The highest BCUT2D eigenvalue weighted by Crippen LogP contribution is 2.36. The van der Waals surface area contributed by atoms with Crippen molar-refractivity contribution in [3.8, 4) is 5.75 Å². The van der Waals surface area contributed by atoms with Gasteiger partial charge in [-0.1, -0.05) is 0 Å². The minimum absolute atomic E-state index is 0.0431. The SMILES string of the molecule is Cn1cc2c(c1C(=O)Nc1cc(F)c(F)c(F)c1)OCC1CN(C(=O)OC3COC4OCCC34)CC1NS2(=O)=O. The number of hydrogen-bond acceptors (Lipinski definition) is 8. The Morgan fingerprint density at radius 2 is 1.88 bits per heavy atom. The first kappa shape index (κ1) is 26.9. The van der Waals surface area contributed by atoms with Crippen LogP contribution in [-0.2, 0) is 31.3 Å². The van der Waals surface area contributed by atoms with Crippen molar-refractivity contribution in [1.82, 2.24) is 14.2 Å². The van der Waals surface area contributed by atoms with E-state index in [4.69, 9.17) is 18.9 Å². The van der Waals surface area contributed by atoms with Crippen LogP contribution < -0.4 is 14.8 Å². The van der Waals surface area contributed by atoms with E-state index in [1.807, 2.05) is 0 Å². The topological polar surface area (TPSA) is 137 Å². The Morgan fingerprint density at radius 1 is 1.12 bits per heavy atom. The van der Waals surface area contributed by atoms with Crippen molar-refractivity contribution in [1.29, 1.82) is 0 Å². The van der Waals surface area contributed by atoms with Crippen molar-refractivity contribution >= 4 is 27.7 Å². The first-order valence-corrected chi connectivity index (χ1v) is 14.0. The summed E-state index contributed by atoms with van der Waals surface area (Å²) >= 11 is 0. The summed E-state index contributed by atoms with van der Waals surface area (Å²) in [5.74, 6) is -6.45. The molecule has 1 aromatic carbocycles. The quantitative estimate of drug-likeness (QED) is 0.518. The summed E-state index contributed by atoms with van der Waals surface area (Å²) < 4.78 is 93.4. The number of likely N-dealkylation sites (tertiary alicyclic amines) is 1. The van der Waals surface area contributed by atoms with E-state index in [1.54, 1.807) is 0 Å². The molecule has 16 heteroatoms. The molecule has 2 amide bonds. The van der Waals surface area contributed by atoms with E-state index in [9.17, 15) is 31.2 Å². The number of ether oxygens (including phenoxy) is 4. The highest BCUT2D eigenvalue weighted by molar-refractivity contribution is 7.89. The van der Waals surface area contributed by atoms with E-state index in [1.165, 1.54) is 22.7 Å². The summed E-state index contributed by atoms with van der Waals surface area (Å²) in [6.07, 6.45) is 0.415. The Morgan fingerprint density at radius 3 is 2.62 bits per heavy atom. The van der Waals surface area contributed by atoms with Crippen molar-refractivity contribution in [2.24, 2.45) is 18.9 Å². The molecule has 2 N–H and O–H groups in total. The van der Waals surface area contributed by atoms with Crippen molar-refractivity contribution in [3.05, 3.63) is 41.5 Å². The maximum absolute atomic E-state index is 13.6. The fourth-order valence-electron chi connectivity index (χ4n) is 5.52. The monoisotopic (exact) mass is 586 g/mol. The number of sulfonamides is 1. The van der Waals surface area contributed by atoms with Gasteiger partial charge < -0.3 is 33.7 Å². The Hall–Kier alpha value is -3.34. The van der Waals surface area contributed by atoms with Crippen LogP contribution in [0.1, 0.15) is 16.9 Å². The average molecular weight is 587 g/mol. The first-order valence-electron chi connectivity index (χ1n) is 12.5. The zero-order valence-corrected chi connectivity index (χ0v) is 21.9. The van der Waals surface area contributed by atoms with Crippen molar-refractivity contribution < 1.29 is 50.1 Å². The minimum atomic E-state index is -4.23. The van der Waals surface area contributed by atoms with Crippen LogP contribution in [0.5, 0.6) is 5.75 Å². The van der Waals surface area contributed by atoms with Gasteiger partial charge in [-0.2, -0.15) is 0 Å². The van der Waals surface area contributed by atoms with E-state index >= 15 is 0 Å². The number of carbonyl (C=O) groups excluding carboxylic acids is 2. The molecule has 0 aliphatic carbocycles. The molecule has 5 atom stereocenters. The molecule has 5 heterocycles. The summed E-state index contributed by atoms with van der Waals surface area (Å²) in [6.45, 7) is 0.854. The summed E-state index contributed by atoms with van der Waals surface area (Å²) in [6, 6.07) is 0.503. The number of halogens is 3. The summed E-state index contributed by atoms with van der Waals surface area (Å²) in [5.41, 5.74) is -0.621. The number of carbonyl (C=O) groups is 2. The minimum Gasteiger partial charge on any atom is -0.489 e. The maximum atomic E-state index is 13.6. The van der Waals surface area contributed by atoms with E-state index in [-0.39, 0.29) is 54.2 Å². The molecule has 2 aromatic rings. The van der Waals surface area contributed by atoms with Gasteiger partial charge in [0.1, 0.15) is 11.0 Å². The van der Waals surface area contributed by atoms with Gasteiger partial charge in [-0.25, -0.2) is 31.1 Å². The number of nitrogens with one attached hydrogen (secondary N) is 2. The molecule has 216 valence electrons. The van der Waals surface area contributed by atoms with E-state index in [0.29, 0.717) is 25.2 Å². The van der Waals surface area contributed by atoms with Crippen LogP contribution in [0.3, 0.4) is 0 Å². The second-order valence-electron chi connectivity index (χ2n) is 10.1. The van der Waals surface area contributed by atoms with Crippen molar-refractivity contribution in [3.63, 3.8) is 0 Å². The summed E-state index contributed by atoms with van der Waals surface area (Å²) in [4.78, 5) is 27.0. The number of benzene rings is 1. The van der Waals surface area contributed by atoms with Gasteiger partial charge in [0.05, 0.1) is 25.7 Å². The van der Waals surface area contributed by atoms with Gasteiger partial charge in [0.15, 0.2) is 35.2 Å². The molecule has 0 spiro atoms. The Labute approximate surface area is 226 Å². The number of anilines is 1. The third kappa shape index (κ3) is 4.67. The van der Waals surface area contributed by atoms with E-state index < -0.39 is 63.8 Å². The molecule has 40 heavy (non-hydrogen) atoms. The van der Waals surface area contributed by atoms with Gasteiger partial charge in [0.2, 0.25) is 10.0 Å². The molecule has 4 aliphatic heterocycles. The summed E-state index contributed by atoms with van der Waals surface area (Å²) in [7, 11) is -2.83. The van der Waals surface area contributed by atoms with Gasteiger partial charge in [-0.05, 0) is 6.42 Å². The fourth-order valence-corrected chi connectivity index (χ4v) is 7.00. The van der Waals surface area contributed by atoms with Crippen molar-refractivity contribution in [2.75, 3.05) is 38.2 Å². The number of aromatic nitrogens is 1. The van der Waals surface area contributed by atoms with E-state index in [0.717, 1.165) is 0 Å². The number of aryl methyl sites for hydroxylation is 1. The van der Waals surface area contributed by atoms with Crippen LogP contribution in [0.15, 0.2) is 23.2 Å². The van der Waals surface area contributed by atoms with Gasteiger partial charge in [0, 0.05) is 56.1 Å². The third-order valence-electron chi connectivity index (χ3n) is 7.53. The Bertz CT molecular complexity index is 1460. The van der Waals surface area contributed by atoms with Gasteiger partial charge in [0.25, 0.3) is 5.91 Å². The number of rotatable bonds is 3. The lowest BCUT2D eigenvalue weighted by atomic mass is 10.0. The van der Waals surface area contributed by atoms with Crippen LogP contribution in [0, 0.1) is 29.3 Å². The van der Waals surface area contributed by atoms with Crippen LogP contribution in [0.4, 0.5) is 23.7 Å². The van der Waals surface area contributed by atoms with Crippen LogP contribution in [0.2, 0.25) is 0 Å². The smallest absolute Gasteiger partial charge is 0.410 e. The second kappa shape index (κ2) is 9.94. The lowest BCUT2D eigenvalue weighted by molar-refractivity contribution is -0.0907. The molecule has 5 unspecified atom stereocenters. The number of fused-ring (bicyclic) bond motifs is 3. The van der Waals surface area contributed by atoms with Gasteiger partial charge in [-0.15, -0.1) is 0 Å². The van der Waals surface area contributed by atoms with Crippen LogP contribution >= 0.6 is 0 Å². The zero-order chi connectivity index (χ0) is 28.3. The lowest BCUT2D eigenvalue weighted by Gasteiger charge is -2.23. The van der Waals surface area contributed by atoms with Crippen LogP contribution in [0.25, 0.3) is 0 Å². The summed E-state index contributed by atoms with van der Waals surface area (Å²) in [5, 5.41) is 2.24. The number of amides is 2. The number of nitrogens with zero attached hydrogens (tertiary/aromatic N) is 2. The maximum Gasteiger partial charge on any atom is 0.410 e. The molecule has 1 aromatic heterocycles. The molecule has 12 nitrogen and oxygen atoms in total. The zero-order valence-electron chi connectivity index (χ0n) is 21.1. The second-order valence-corrected chi connectivity index (χ2v) is 11.8. The molecule has 4 aliphatic rings. The standard InChI is InChI=1S/C24H25F3N4O8S/c1-30-8-18-21(20(30)22(32)28-12-4-14(25)19(27)15(26)5-12)37-9-11-6-31(7-16(11)29-40(18,34)35)24(33)39-17-10-38-23-13(17)2-3-36-23/h4-5,8,11,13,16-17,23,29H,2-3,6-7,9-10H2,1H3,(H,28,32). The molecule has 0 saturated carbocycles. The van der Waals surface area contributed by atoms with Gasteiger partial charge in [-0.3, -0.25) is 4.79 Å². The predicted octanol–water partition coefficient (Wildman–Crippen LogP) is 1.56. The van der Waals surface area contributed by atoms with Gasteiger partial charge >= 0.3 is 6.09 Å². The molecule has 0 bridgehead atoms. The molecule has 0 radical (unpaired) electrons. The first-order chi connectivity index (χ1) is 19.0. The lowest BCUT2D eigenvalue weighted by Crippen LogP contribution is -2.44. The normalized spacial score (nSPS) is 28.6. The largest absolute Gasteiger partial charge is 0.489 e. The highest BCUT2D eigenvalue weighted by Gasteiger charge is 2.47. The average Bonchev–Trinajstić information content (AvgIpc) is 3.65. The predicted molar refractivity (Wildman–Crippen MR) is 128 cm³/mol. The molecule has 3 fully saturated rings. The fraction of sp³-hybridized carbons (Fsp3) is 0.500. The molecule has 6 rings (SSSR count). The number of hydrogen-bond donors (Lipinski definition) is 2. The Kier molecular flexibility index (Phi) is 6.67.